The van der Waals surface area contributed by atoms with E-state index in [0.717, 1.165) is 18.0 Å². The van der Waals surface area contributed by atoms with Crippen molar-refractivity contribution in [3.8, 4) is 0 Å². The van der Waals surface area contributed by atoms with Crippen molar-refractivity contribution in [2.45, 2.75) is 5.09 Å². The van der Waals surface area contributed by atoms with Crippen LogP contribution in [0.5, 0.6) is 0 Å². The Kier molecular flexibility index (Phi) is 7.61. The Labute approximate surface area is 196 Å². The number of anilines is 1. The van der Waals surface area contributed by atoms with Crippen molar-refractivity contribution in [1.29, 1.82) is 0 Å². The second kappa shape index (κ2) is 10.6. The summed E-state index contributed by atoms with van der Waals surface area (Å²) in [4.78, 5) is 27.3. The standard InChI is InChI=1S/C23H22N4O6S/c1-27(2)18-10-8-16(9-11-18)14-20(25-22(28)17-6-4-3-5-7-17)23(29)26-24-15-19-12-13-21(33-19)34(30,31)32/h3-15H,1-2H3,(H,25,28)(H,26,29)(H,30,31,32)/p-1/b20-14+,24-15-. The van der Waals surface area contributed by atoms with E-state index in [1.54, 1.807) is 42.5 Å². The predicted octanol–water partition coefficient (Wildman–Crippen LogP) is 2.17. The molecule has 0 radical (unpaired) electrons. The molecule has 3 aromatic rings. The van der Waals surface area contributed by atoms with Gasteiger partial charge in [-0.25, -0.2) is 13.8 Å². The van der Waals surface area contributed by atoms with E-state index < -0.39 is 27.0 Å². The fourth-order valence-corrected chi connectivity index (χ4v) is 3.16. The molecule has 0 unspecified atom stereocenters. The lowest BCUT2D eigenvalue weighted by Gasteiger charge is -2.12. The molecule has 2 N–H and O–H groups in total. The van der Waals surface area contributed by atoms with Crippen molar-refractivity contribution in [3.05, 3.63) is 89.3 Å². The molecule has 0 saturated heterocycles. The van der Waals surface area contributed by atoms with E-state index in [1.165, 1.54) is 12.1 Å². The highest BCUT2D eigenvalue weighted by atomic mass is 32.2. The first-order valence-corrected chi connectivity index (χ1v) is 11.3. The van der Waals surface area contributed by atoms with Crippen molar-refractivity contribution < 1.29 is 27.0 Å². The zero-order valence-electron chi connectivity index (χ0n) is 18.3. The van der Waals surface area contributed by atoms with E-state index in [0.29, 0.717) is 11.1 Å². The Morgan fingerprint density at radius 2 is 1.68 bits per heavy atom. The summed E-state index contributed by atoms with van der Waals surface area (Å²) in [6.07, 6.45) is 2.51. The van der Waals surface area contributed by atoms with Crippen LogP contribution in [-0.2, 0) is 14.9 Å². The van der Waals surface area contributed by atoms with Gasteiger partial charge in [-0.15, -0.1) is 0 Å². The van der Waals surface area contributed by atoms with Crippen molar-refractivity contribution in [2.24, 2.45) is 5.10 Å². The topological polar surface area (TPSA) is 144 Å². The molecule has 0 fully saturated rings. The monoisotopic (exact) mass is 481 g/mol. The molecule has 1 heterocycles. The Morgan fingerprint density at radius 3 is 2.26 bits per heavy atom. The highest BCUT2D eigenvalue weighted by Gasteiger charge is 2.14. The summed E-state index contributed by atoms with van der Waals surface area (Å²) in [7, 11) is -0.947. The molecular weight excluding hydrogens is 460 g/mol. The molecule has 3 rings (SSSR count). The van der Waals surface area contributed by atoms with Crippen molar-refractivity contribution in [1.82, 2.24) is 10.7 Å². The van der Waals surface area contributed by atoms with Gasteiger partial charge in [0.05, 0.1) is 6.21 Å². The van der Waals surface area contributed by atoms with E-state index >= 15 is 0 Å². The van der Waals surface area contributed by atoms with Gasteiger partial charge in [0, 0.05) is 25.3 Å². The normalized spacial score (nSPS) is 11.9. The molecule has 0 atom stereocenters. The second-order valence-corrected chi connectivity index (χ2v) is 8.48. The number of carbonyl (C=O) groups is 2. The number of hydrazone groups is 1. The molecule has 0 spiro atoms. The Morgan fingerprint density at radius 1 is 1.00 bits per heavy atom. The molecule has 0 aliphatic rings. The smallest absolute Gasteiger partial charge is 0.287 e. The zero-order valence-corrected chi connectivity index (χ0v) is 19.1. The number of carbonyl (C=O) groups excluding carboxylic acids is 2. The van der Waals surface area contributed by atoms with Gasteiger partial charge in [-0.1, -0.05) is 30.3 Å². The van der Waals surface area contributed by atoms with E-state index in [4.69, 9.17) is 4.42 Å². The minimum absolute atomic E-state index is 0.0622. The molecule has 1 aromatic heterocycles. The maximum absolute atomic E-state index is 12.8. The van der Waals surface area contributed by atoms with Gasteiger partial charge < -0.3 is 19.2 Å². The Hall–Kier alpha value is -4.22. The van der Waals surface area contributed by atoms with Crippen LogP contribution in [0.1, 0.15) is 21.7 Å². The molecular formula is C23H21N4O6S-. The number of amides is 2. The van der Waals surface area contributed by atoms with E-state index in [9.17, 15) is 22.6 Å². The van der Waals surface area contributed by atoms with Crippen LogP contribution in [0, 0.1) is 0 Å². The third-order valence-electron chi connectivity index (χ3n) is 4.46. The summed E-state index contributed by atoms with van der Waals surface area (Å²) in [6.45, 7) is 0. The number of benzene rings is 2. The van der Waals surface area contributed by atoms with Crippen LogP contribution in [-0.4, -0.2) is 45.1 Å². The van der Waals surface area contributed by atoms with E-state index in [1.807, 2.05) is 31.1 Å². The van der Waals surface area contributed by atoms with Gasteiger partial charge in [0.15, 0.2) is 10.1 Å². The lowest BCUT2D eigenvalue weighted by molar-refractivity contribution is -0.117. The summed E-state index contributed by atoms with van der Waals surface area (Å²) in [5.74, 6) is -1.29. The van der Waals surface area contributed by atoms with Crippen LogP contribution in [0.4, 0.5) is 5.69 Å². The lowest BCUT2D eigenvalue weighted by Crippen LogP contribution is -2.32. The number of rotatable bonds is 8. The molecule has 2 amide bonds. The van der Waals surface area contributed by atoms with Crippen LogP contribution >= 0.6 is 0 Å². The average molecular weight is 482 g/mol. The van der Waals surface area contributed by atoms with Crippen molar-refractivity contribution >= 4 is 39.9 Å². The quantitative estimate of drug-likeness (QED) is 0.217. The summed E-state index contributed by atoms with van der Waals surface area (Å²) in [6, 6.07) is 17.8. The van der Waals surface area contributed by atoms with Gasteiger partial charge in [-0.3, -0.25) is 9.59 Å². The van der Waals surface area contributed by atoms with Crippen LogP contribution in [0.15, 0.2) is 87.0 Å². The second-order valence-electron chi connectivity index (χ2n) is 7.17. The highest BCUT2D eigenvalue weighted by Crippen LogP contribution is 2.15. The van der Waals surface area contributed by atoms with Crippen molar-refractivity contribution in [3.63, 3.8) is 0 Å². The first-order chi connectivity index (χ1) is 16.1. The molecule has 10 nitrogen and oxygen atoms in total. The summed E-state index contributed by atoms with van der Waals surface area (Å²) in [5.41, 5.74) is 4.13. The average Bonchev–Trinajstić information content (AvgIpc) is 3.29. The van der Waals surface area contributed by atoms with Gasteiger partial charge in [0.1, 0.15) is 11.5 Å². The lowest BCUT2D eigenvalue weighted by atomic mass is 10.1. The van der Waals surface area contributed by atoms with Crippen LogP contribution in [0.3, 0.4) is 0 Å². The van der Waals surface area contributed by atoms with Gasteiger partial charge in [0.25, 0.3) is 11.8 Å². The zero-order chi connectivity index (χ0) is 24.7. The number of hydrogen-bond donors (Lipinski definition) is 2. The maximum atomic E-state index is 12.8. The predicted molar refractivity (Wildman–Crippen MR) is 125 cm³/mol. The first kappa shape index (κ1) is 24.4. The van der Waals surface area contributed by atoms with E-state index in [-0.39, 0.29) is 11.5 Å². The molecule has 0 saturated carbocycles. The number of furan rings is 1. The van der Waals surface area contributed by atoms with Crippen LogP contribution in [0.2, 0.25) is 0 Å². The minimum atomic E-state index is -4.75. The number of hydrogen-bond acceptors (Lipinski definition) is 8. The molecule has 0 bridgehead atoms. The SMILES string of the molecule is CN(C)c1ccc(/C=C(/NC(=O)c2ccccc2)C(=O)N/N=C\c2ccc(S(=O)(=O)[O-])o2)cc1. The van der Waals surface area contributed by atoms with Crippen molar-refractivity contribution in [2.75, 3.05) is 19.0 Å². The summed E-state index contributed by atoms with van der Waals surface area (Å²) in [5, 5.41) is 5.51. The third kappa shape index (κ3) is 6.64. The summed E-state index contributed by atoms with van der Waals surface area (Å²) < 4.78 is 37.7. The Bertz CT molecular complexity index is 1330. The van der Waals surface area contributed by atoms with Gasteiger partial charge in [-0.05, 0) is 48.0 Å². The van der Waals surface area contributed by atoms with Crippen LogP contribution < -0.4 is 15.6 Å². The Balaban J connectivity index is 1.80. The fraction of sp³-hybridized carbons (Fsp3) is 0.0870. The highest BCUT2D eigenvalue weighted by molar-refractivity contribution is 7.85. The molecule has 0 aliphatic heterocycles. The number of nitrogens with zero attached hydrogens (tertiary/aromatic N) is 2. The fourth-order valence-electron chi connectivity index (χ4n) is 2.73. The largest absolute Gasteiger partial charge is 0.742 e. The minimum Gasteiger partial charge on any atom is -0.742 e. The molecule has 0 aliphatic carbocycles. The van der Waals surface area contributed by atoms with Gasteiger partial charge >= 0.3 is 0 Å². The number of nitrogens with one attached hydrogen (secondary N) is 2. The third-order valence-corrected chi connectivity index (χ3v) is 5.17. The van der Waals surface area contributed by atoms with Crippen LogP contribution in [0.25, 0.3) is 6.08 Å². The first-order valence-electron chi connectivity index (χ1n) is 9.88. The van der Waals surface area contributed by atoms with E-state index in [2.05, 4.69) is 15.8 Å². The van der Waals surface area contributed by atoms with Gasteiger partial charge in [0.2, 0.25) is 5.09 Å². The molecule has 34 heavy (non-hydrogen) atoms. The van der Waals surface area contributed by atoms with Gasteiger partial charge in [-0.2, -0.15) is 5.10 Å². The molecule has 11 heteroatoms. The molecule has 2 aromatic carbocycles. The molecule has 176 valence electrons. The summed E-state index contributed by atoms with van der Waals surface area (Å²) >= 11 is 0. The maximum Gasteiger partial charge on any atom is 0.287 e.